The Labute approximate surface area is 170 Å². The van der Waals surface area contributed by atoms with E-state index in [2.05, 4.69) is 48.3 Å². The third-order valence-corrected chi connectivity index (χ3v) is 6.85. The summed E-state index contributed by atoms with van der Waals surface area (Å²) in [7, 11) is 0. The number of hydrogen-bond donors (Lipinski definition) is 1. The first-order valence-corrected chi connectivity index (χ1v) is 10.6. The zero-order chi connectivity index (χ0) is 19.4. The number of quaternary nitrogens is 1. The Balaban J connectivity index is 1.39. The lowest BCUT2D eigenvalue weighted by atomic mass is 9.90. The molecule has 1 N–H and O–H groups in total. The van der Waals surface area contributed by atoms with E-state index in [0.29, 0.717) is 6.79 Å². The summed E-state index contributed by atoms with van der Waals surface area (Å²) in [5.74, 6) is 2.64. The molecule has 0 amide bonds. The molecule has 0 radical (unpaired) electrons. The average molecular weight is 392 g/mol. The number of likely N-dealkylation sites (tertiary alicyclic amines) is 1. The first-order valence-electron chi connectivity index (χ1n) is 10.6. The SMILES string of the molecule is CC[NH+]1CCC2(CC1)Oc1ccccc1[C@@H]1CC(c3ccc4c(c3)OCO4)=NN12. The standard InChI is InChI=1S/C23H25N3O3/c1-2-25-11-9-23(10-12-25)26-19(17-5-3-4-6-20(17)29-23)14-18(24-26)16-7-8-21-22(13-16)28-15-27-21/h3-8,13,19H,2,9-12,14-15H2,1H3/p+1/t19-/m0/s1. The van der Waals surface area contributed by atoms with E-state index in [1.54, 1.807) is 4.90 Å². The van der Waals surface area contributed by atoms with Gasteiger partial charge in [0.25, 0.3) is 0 Å². The minimum Gasteiger partial charge on any atom is -0.466 e. The molecule has 1 atom stereocenters. The van der Waals surface area contributed by atoms with Crippen LogP contribution in [0.15, 0.2) is 47.6 Å². The second-order valence-corrected chi connectivity index (χ2v) is 8.37. The number of para-hydroxylation sites is 1. The summed E-state index contributed by atoms with van der Waals surface area (Å²) in [5, 5.41) is 7.43. The van der Waals surface area contributed by atoms with Gasteiger partial charge in [0.15, 0.2) is 11.5 Å². The molecule has 6 heteroatoms. The highest BCUT2D eigenvalue weighted by atomic mass is 16.7. The van der Waals surface area contributed by atoms with E-state index in [0.717, 1.165) is 60.9 Å². The summed E-state index contributed by atoms with van der Waals surface area (Å²) in [6.07, 6.45) is 2.88. The first-order chi connectivity index (χ1) is 14.3. The molecule has 1 saturated heterocycles. The van der Waals surface area contributed by atoms with Gasteiger partial charge in [-0.25, -0.2) is 5.01 Å². The topological polar surface area (TPSA) is 47.7 Å². The van der Waals surface area contributed by atoms with Crippen LogP contribution in [0.4, 0.5) is 0 Å². The number of hydrazone groups is 1. The zero-order valence-electron chi connectivity index (χ0n) is 16.7. The lowest BCUT2D eigenvalue weighted by Crippen LogP contribution is -3.13. The summed E-state index contributed by atoms with van der Waals surface area (Å²) < 4.78 is 17.7. The van der Waals surface area contributed by atoms with Crippen LogP contribution in [0.3, 0.4) is 0 Å². The third kappa shape index (κ3) is 2.62. The predicted octanol–water partition coefficient (Wildman–Crippen LogP) is 2.35. The molecule has 29 heavy (non-hydrogen) atoms. The van der Waals surface area contributed by atoms with Gasteiger partial charge < -0.3 is 19.1 Å². The maximum atomic E-state index is 6.69. The average Bonchev–Trinajstić information content (AvgIpc) is 3.42. The van der Waals surface area contributed by atoms with E-state index in [1.807, 2.05) is 6.07 Å². The lowest BCUT2D eigenvalue weighted by molar-refractivity contribution is -0.906. The Hall–Kier alpha value is -2.73. The highest BCUT2D eigenvalue weighted by molar-refractivity contribution is 6.02. The van der Waals surface area contributed by atoms with E-state index < -0.39 is 0 Å². The van der Waals surface area contributed by atoms with Crippen molar-refractivity contribution in [1.82, 2.24) is 5.01 Å². The minimum atomic E-state index is -0.338. The molecule has 0 bridgehead atoms. The molecule has 0 aromatic heterocycles. The first kappa shape index (κ1) is 17.2. The monoisotopic (exact) mass is 392 g/mol. The van der Waals surface area contributed by atoms with Crippen LogP contribution in [0.1, 0.15) is 43.4 Å². The summed E-state index contributed by atoms with van der Waals surface area (Å²) in [6, 6.07) is 14.8. The molecule has 1 spiro atoms. The Morgan fingerprint density at radius 3 is 2.76 bits per heavy atom. The van der Waals surface area contributed by atoms with Crippen molar-refractivity contribution < 1.29 is 19.1 Å². The minimum absolute atomic E-state index is 0.226. The van der Waals surface area contributed by atoms with Crippen LogP contribution in [-0.4, -0.2) is 42.9 Å². The van der Waals surface area contributed by atoms with Gasteiger partial charge in [-0.15, -0.1) is 0 Å². The zero-order valence-corrected chi connectivity index (χ0v) is 16.7. The Morgan fingerprint density at radius 2 is 1.90 bits per heavy atom. The molecule has 1 fully saturated rings. The maximum absolute atomic E-state index is 6.69. The van der Waals surface area contributed by atoms with Gasteiger partial charge in [-0.3, -0.25) is 0 Å². The fraction of sp³-hybridized carbons (Fsp3) is 0.435. The molecule has 0 saturated carbocycles. The fourth-order valence-corrected chi connectivity index (χ4v) is 5.16. The summed E-state index contributed by atoms with van der Waals surface area (Å²) >= 11 is 0. The molecular formula is C23H26N3O3+. The number of ether oxygens (including phenoxy) is 3. The van der Waals surface area contributed by atoms with Gasteiger partial charge in [-0.05, 0) is 31.2 Å². The number of hydrogen-bond acceptors (Lipinski definition) is 5. The molecule has 4 heterocycles. The van der Waals surface area contributed by atoms with Crippen molar-refractivity contribution in [2.75, 3.05) is 26.4 Å². The van der Waals surface area contributed by atoms with E-state index in [9.17, 15) is 0 Å². The van der Waals surface area contributed by atoms with Crippen LogP contribution in [0.2, 0.25) is 0 Å². The molecule has 6 nitrogen and oxygen atoms in total. The van der Waals surface area contributed by atoms with Crippen molar-refractivity contribution in [2.24, 2.45) is 5.10 Å². The van der Waals surface area contributed by atoms with Crippen LogP contribution < -0.4 is 19.1 Å². The normalized spacial score (nSPS) is 29.3. The van der Waals surface area contributed by atoms with Gasteiger partial charge in [0.2, 0.25) is 12.5 Å². The number of nitrogens with one attached hydrogen (secondary N) is 1. The van der Waals surface area contributed by atoms with Crippen LogP contribution in [-0.2, 0) is 0 Å². The van der Waals surface area contributed by atoms with Gasteiger partial charge in [0.05, 0.1) is 44.2 Å². The molecule has 4 aliphatic rings. The Kier molecular flexibility index (Phi) is 3.78. The highest BCUT2D eigenvalue weighted by Gasteiger charge is 2.52. The van der Waals surface area contributed by atoms with Gasteiger partial charge >= 0.3 is 0 Å². The number of nitrogens with zero attached hydrogens (tertiary/aromatic N) is 2. The van der Waals surface area contributed by atoms with Crippen LogP contribution in [0.25, 0.3) is 0 Å². The van der Waals surface area contributed by atoms with Gasteiger partial charge in [0.1, 0.15) is 5.75 Å². The quantitative estimate of drug-likeness (QED) is 0.853. The predicted molar refractivity (Wildman–Crippen MR) is 109 cm³/mol. The van der Waals surface area contributed by atoms with E-state index >= 15 is 0 Å². The molecule has 0 unspecified atom stereocenters. The summed E-state index contributed by atoms with van der Waals surface area (Å²) in [4.78, 5) is 1.65. The summed E-state index contributed by atoms with van der Waals surface area (Å²) in [5.41, 5.74) is 3.10. The second-order valence-electron chi connectivity index (χ2n) is 8.37. The van der Waals surface area contributed by atoms with Crippen molar-refractivity contribution in [3.05, 3.63) is 53.6 Å². The largest absolute Gasteiger partial charge is 0.466 e. The van der Waals surface area contributed by atoms with Crippen molar-refractivity contribution >= 4 is 5.71 Å². The van der Waals surface area contributed by atoms with E-state index in [-0.39, 0.29) is 11.8 Å². The van der Waals surface area contributed by atoms with E-state index in [1.165, 1.54) is 12.1 Å². The number of fused-ring (bicyclic) bond motifs is 5. The highest BCUT2D eigenvalue weighted by Crippen LogP contribution is 2.49. The van der Waals surface area contributed by atoms with Crippen molar-refractivity contribution in [3.8, 4) is 17.2 Å². The van der Waals surface area contributed by atoms with Gasteiger partial charge in [0, 0.05) is 17.5 Å². The van der Waals surface area contributed by atoms with Crippen molar-refractivity contribution in [2.45, 2.75) is 38.0 Å². The molecular weight excluding hydrogens is 366 g/mol. The fourth-order valence-electron chi connectivity index (χ4n) is 5.16. The van der Waals surface area contributed by atoms with E-state index in [4.69, 9.17) is 19.3 Å². The number of piperidine rings is 1. The van der Waals surface area contributed by atoms with Crippen LogP contribution in [0.5, 0.6) is 17.2 Å². The number of rotatable bonds is 2. The number of benzene rings is 2. The Morgan fingerprint density at radius 1 is 1.07 bits per heavy atom. The Bertz CT molecular complexity index is 981. The summed E-state index contributed by atoms with van der Waals surface area (Å²) in [6.45, 7) is 5.97. The van der Waals surface area contributed by atoms with Gasteiger partial charge in [-0.2, -0.15) is 5.10 Å². The molecule has 0 aliphatic carbocycles. The lowest BCUT2D eigenvalue weighted by Gasteiger charge is -2.50. The van der Waals surface area contributed by atoms with Crippen molar-refractivity contribution in [3.63, 3.8) is 0 Å². The molecule has 6 rings (SSSR count). The van der Waals surface area contributed by atoms with Crippen molar-refractivity contribution in [1.29, 1.82) is 0 Å². The molecule has 4 aliphatic heterocycles. The third-order valence-electron chi connectivity index (χ3n) is 6.85. The second kappa shape index (κ2) is 6.39. The van der Waals surface area contributed by atoms with Crippen LogP contribution >= 0.6 is 0 Å². The maximum Gasteiger partial charge on any atom is 0.231 e. The smallest absolute Gasteiger partial charge is 0.231 e. The molecule has 150 valence electrons. The molecule has 2 aromatic rings. The van der Waals surface area contributed by atoms with Gasteiger partial charge in [-0.1, -0.05) is 18.2 Å². The molecule has 2 aromatic carbocycles. The van der Waals surface area contributed by atoms with Crippen LogP contribution in [0, 0.1) is 0 Å².